The summed E-state index contributed by atoms with van der Waals surface area (Å²) in [4.78, 5) is 22.7. The van der Waals surface area contributed by atoms with Gasteiger partial charge in [-0.3, -0.25) is 9.78 Å². The summed E-state index contributed by atoms with van der Waals surface area (Å²) in [6.07, 6.45) is 10.5. The number of fused-ring (bicyclic) bond motifs is 1. The third kappa shape index (κ3) is 3.22. The van der Waals surface area contributed by atoms with Gasteiger partial charge in [0, 0.05) is 23.2 Å². The molecule has 2 aliphatic carbocycles. The van der Waals surface area contributed by atoms with Crippen LogP contribution in [0.2, 0.25) is 0 Å². The van der Waals surface area contributed by atoms with Crippen molar-refractivity contribution in [3.63, 3.8) is 0 Å². The molecule has 4 nitrogen and oxygen atoms in total. The van der Waals surface area contributed by atoms with Gasteiger partial charge in [0.05, 0.1) is 5.69 Å². The highest BCUT2D eigenvalue weighted by atomic mass is 32.1. The summed E-state index contributed by atoms with van der Waals surface area (Å²) in [7, 11) is 0. The summed E-state index contributed by atoms with van der Waals surface area (Å²) >= 11 is 1.68. The first-order valence-electron chi connectivity index (χ1n) is 8.94. The summed E-state index contributed by atoms with van der Waals surface area (Å²) in [5, 5.41) is 3.85. The summed E-state index contributed by atoms with van der Waals surface area (Å²) in [6, 6.07) is 3.99. The van der Waals surface area contributed by atoms with Gasteiger partial charge < -0.3 is 5.32 Å². The van der Waals surface area contributed by atoms with Crippen LogP contribution < -0.4 is 5.32 Å². The van der Waals surface area contributed by atoms with Crippen LogP contribution in [0.1, 0.15) is 54.7 Å². The van der Waals surface area contributed by atoms with Gasteiger partial charge in [0.25, 0.3) is 0 Å². The van der Waals surface area contributed by atoms with E-state index in [4.69, 9.17) is 0 Å². The van der Waals surface area contributed by atoms with Crippen LogP contribution in [-0.2, 0) is 17.6 Å². The molecule has 4 rings (SSSR count). The zero-order valence-electron chi connectivity index (χ0n) is 14.0. The monoisotopic (exact) mass is 341 g/mol. The standard InChI is InChI=1S/C19H23N3OS/c1-2-4-12-6-7-16-17(9-12)24-19(21-16)22-18(23)15-10-14(15)13-5-3-8-20-11-13/h3,5,8,11-12,14-15H,2,4,6-7,9-10H2,1H3,(H,21,22,23)/t12-,14+,15+/m1/s1. The molecule has 2 aromatic heterocycles. The molecule has 5 heteroatoms. The molecule has 0 spiro atoms. The van der Waals surface area contributed by atoms with E-state index in [1.54, 1.807) is 17.5 Å². The molecule has 1 fully saturated rings. The van der Waals surface area contributed by atoms with Crippen LogP contribution >= 0.6 is 11.3 Å². The minimum absolute atomic E-state index is 0.0722. The molecular formula is C19H23N3OS. The predicted octanol–water partition coefficient (Wildman–Crippen LogP) is 4.19. The van der Waals surface area contributed by atoms with Crippen molar-refractivity contribution in [1.29, 1.82) is 0 Å². The van der Waals surface area contributed by atoms with Crippen molar-refractivity contribution < 1.29 is 4.79 Å². The third-order valence-corrected chi connectivity index (χ3v) is 6.24. The van der Waals surface area contributed by atoms with E-state index in [-0.39, 0.29) is 11.8 Å². The van der Waals surface area contributed by atoms with Crippen LogP contribution in [0, 0.1) is 11.8 Å². The second kappa shape index (κ2) is 6.63. The van der Waals surface area contributed by atoms with E-state index in [1.165, 1.54) is 35.4 Å². The van der Waals surface area contributed by atoms with Gasteiger partial charge in [-0.25, -0.2) is 4.98 Å². The lowest BCUT2D eigenvalue weighted by Gasteiger charge is -2.19. The van der Waals surface area contributed by atoms with Gasteiger partial charge in [0.2, 0.25) is 5.91 Å². The molecule has 0 unspecified atom stereocenters. The van der Waals surface area contributed by atoms with Crippen molar-refractivity contribution in [2.75, 3.05) is 5.32 Å². The second-order valence-electron chi connectivity index (χ2n) is 7.01. The molecule has 2 aromatic rings. The van der Waals surface area contributed by atoms with Crippen LogP contribution in [0.4, 0.5) is 5.13 Å². The number of aryl methyl sites for hydroxylation is 1. The number of pyridine rings is 1. The van der Waals surface area contributed by atoms with Crippen LogP contribution in [0.3, 0.4) is 0 Å². The molecule has 0 bridgehead atoms. The van der Waals surface area contributed by atoms with Gasteiger partial charge in [0.1, 0.15) is 0 Å². The Kier molecular flexibility index (Phi) is 4.35. The highest BCUT2D eigenvalue weighted by Gasteiger charge is 2.44. The molecule has 24 heavy (non-hydrogen) atoms. The Morgan fingerprint density at radius 1 is 1.46 bits per heavy atom. The molecule has 0 saturated heterocycles. The fraction of sp³-hybridized carbons (Fsp3) is 0.526. The molecule has 3 atom stereocenters. The summed E-state index contributed by atoms with van der Waals surface area (Å²) in [5.41, 5.74) is 2.38. The van der Waals surface area contributed by atoms with Gasteiger partial charge in [0.15, 0.2) is 5.13 Å². The van der Waals surface area contributed by atoms with E-state index in [0.717, 1.165) is 30.3 Å². The molecule has 1 N–H and O–H groups in total. The number of carbonyl (C=O) groups excluding carboxylic acids is 1. The SMILES string of the molecule is CCC[C@@H]1CCc2nc(NC(=O)[C@H]3C[C@H]3c3cccnc3)sc2C1. The average Bonchev–Trinajstić information content (AvgIpc) is 3.30. The lowest BCUT2D eigenvalue weighted by molar-refractivity contribution is -0.117. The lowest BCUT2D eigenvalue weighted by atomic mass is 9.88. The molecule has 2 heterocycles. The van der Waals surface area contributed by atoms with Crippen molar-refractivity contribution in [3.8, 4) is 0 Å². The molecular weight excluding hydrogens is 318 g/mol. The van der Waals surface area contributed by atoms with Gasteiger partial charge in [-0.15, -0.1) is 11.3 Å². The Morgan fingerprint density at radius 3 is 3.17 bits per heavy atom. The summed E-state index contributed by atoms with van der Waals surface area (Å²) < 4.78 is 0. The third-order valence-electron chi connectivity index (χ3n) is 5.21. The molecule has 1 amide bonds. The topological polar surface area (TPSA) is 54.9 Å². The first-order chi connectivity index (χ1) is 11.7. The van der Waals surface area contributed by atoms with Gasteiger partial charge in [-0.05, 0) is 49.1 Å². The number of amides is 1. The zero-order chi connectivity index (χ0) is 16.5. The highest BCUT2D eigenvalue weighted by Crippen LogP contribution is 2.48. The number of hydrogen-bond acceptors (Lipinski definition) is 4. The largest absolute Gasteiger partial charge is 0.302 e. The normalized spacial score (nSPS) is 25.1. The zero-order valence-corrected chi connectivity index (χ0v) is 14.8. The van der Waals surface area contributed by atoms with Gasteiger partial charge >= 0.3 is 0 Å². The predicted molar refractivity (Wildman–Crippen MR) is 96.3 cm³/mol. The molecule has 126 valence electrons. The van der Waals surface area contributed by atoms with Crippen molar-refractivity contribution >= 4 is 22.4 Å². The minimum Gasteiger partial charge on any atom is -0.302 e. The number of aromatic nitrogens is 2. The number of nitrogens with one attached hydrogen (secondary N) is 1. The number of rotatable bonds is 5. The smallest absolute Gasteiger partial charge is 0.229 e. The Morgan fingerprint density at radius 2 is 2.38 bits per heavy atom. The van der Waals surface area contributed by atoms with Crippen molar-refractivity contribution in [2.24, 2.45) is 11.8 Å². The van der Waals surface area contributed by atoms with Crippen molar-refractivity contribution in [3.05, 3.63) is 40.7 Å². The summed E-state index contributed by atoms with van der Waals surface area (Å²) in [6.45, 7) is 2.25. The van der Waals surface area contributed by atoms with E-state index in [2.05, 4.69) is 28.3 Å². The molecule has 0 radical (unpaired) electrons. The van der Waals surface area contributed by atoms with E-state index in [9.17, 15) is 4.79 Å². The molecule has 0 aliphatic heterocycles. The first-order valence-corrected chi connectivity index (χ1v) is 9.75. The van der Waals surface area contributed by atoms with Crippen LogP contribution in [0.5, 0.6) is 0 Å². The van der Waals surface area contributed by atoms with E-state index in [1.807, 2.05) is 12.3 Å². The molecule has 2 aliphatic rings. The number of nitrogens with zero attached hydrogens (tertiary/aromatic N) is 2. The lowest BCUT2D eigenvalue weighted by Crippen LogP contribution is -2.14. The van der Waals surface area contributed by atoms with Crippen molar-refractivity contribution in [2.45, 2.75) is 51.4 Å². The number of anilines is 1. The highest BCUT2D eigenvalue weighted by molar-refractivity contribution is 7.15. The fourth-order valence-electron chi connectivity index (χ4n) is 3.80. The first kappa shape index (κ1) is 15.8. The molecule has 1 saturated carbocycles. The van der Waals surface area contributed by atoms with Crippen LogP contribution in [0.25, 0.3) is 0 Å². The maximum absolute atomic E-state index is 12.5. The Hall–Kier alpha value is -1.75. The maximum Gasteiger partial charge on any atom is 0.229 e. The van der Waals surface area contributed by atoms with Crippen molar-refractivity contribution in [1.82, 2.24) is 9.97 Å². The Bertz CT molecular complexity index is 727. The van der Waals surface area contributed by atoms with E-state index >= 15 is 0 Å². The Balaban J connectivity index is 1.38. The number of hydrogen-bond donors (Lipinski definition) is 1. The Labute approximate surface area is 146 Å². The summed E-state index contributed by atoms with van der Waals surface area (Å²) in [5.74, 6) is 1.30. The van der Waals surface area contributed by atoms with Crippen LogP contribution in [0.15, 0.2) is 24.5 Å². The van der Waals surface area contributed by atoms with Crippen LogP contribution in [-0.4, -0.2) is 15.9 Å². The molecule has 0 aromatic carbocycles. The van der Waals surface area contributed by atoms with E-state index in [0.29, 0.717) is 5.92 Å². The van der Waals surface area contributed by atoms with Gasteiger partial charge in [-0.1, -0.05) is 25.8 Å². The average molecular weight is 341 g/mol. The maximum atomic E-state index is 12.5. The second-order valence-corrected chi connectivity index (χ2v) is 8.09. The number of carbonyl (C=O) groups is 1. The quantitative estimate of drug-likeness (QED) is 0.887. The minimum atomic E-state index is 0.0722. The van der Waals surface area contributed by atoms with Gasteiger partial charge in [-0.2, -0.15) is 0 Å². The number of thiazole rings is 1. The van der Waals surface area contributed by atoms with E-state index < -0.39 is 0 Å². The fourth-order valence-corrected chi connectivity index (χ4v) is 4.92.